The number of hydrogen-bond acceptors (Lipinski definition) is 8. The summed E-state index contributed by atoms with van der Waals surface area (Å²) in [4.78, 5) is 53.6. The van der Waals surface area contributed by atoms with Crippen molar-refractivity contribution in [2.24, 2.45) is 11.3 Å². The standard InChI is InChI=1S/C50H59N3O8/c1-6-8-23-44(52-49(58)61-32-43-41-21-14-12-19-39(41)40-20-13-15-22-42(40)43)48(57)60-33-45(50(3,4)5)53-47(56)36(16-7-2)29-46(55)51-37(30-54)28-34-24-26-38(27-25-34)59-31-35-17-10-9-11-18-35/h6-7,9-15,17-22,24-27,36-37,43-45,54H,1-2,8,16,23,28-33H2,3-5H3,(H,51,55)(H,52,58)(H,53,56). The van der Waals surface area contributed by atoms with E-state index in [-0.39, 0.29) is 45.0 Å². The van der Waals surface area contributed by atoms with Gasteiger partial charge in [0.2, 0.25) is 11.8 Å². The van der Waals surface area contributed by atoms with Gasteiger partial charge in [-0.1, -0.05) is 124 Å². The van der Waals surface area contributed by atoms with Crippen LogP contribution >= 0.6 is 0 Å². The number of aliphatic hydroxyl groups is 1. The first-order valence-electron chi connectivity index (χ1n) is 20.9. The summed E-state index contributed by atoms with van der Waals surface area (Å²) in [5, 5.41) is 18.7. The Morgan fingerprint density at radius 2 is 1.41 bits per heavy atom. The predicted molar refractivity (Wildman–Crippen MR) is 237 cm³/mol. The monoisotopic (exact) mass is 829 g/mol. The van der Waals surface area contributed by atoms with Crippen molar-refractivity contribution in [1.29, 1.82) is 0 Å². The summed E-state index contributed by atoms with van der Waals surface area (Å²) in [6.45, 7) is 13.3. The van der Waals surface area contributed by atoms with Crippen LogP contribution in [0.25, 0.3) is 11.1 Å². The molecule has 4 aromatic rings. The molecule has 4 aromatic carbocycles. The molecule has 0 heterocycles. The molecule has 4 N–H and O–H groups in total. The van der Waals surface area contributed by atoms with E-state index in [4.69, 9.17) is 14.2 Å². The average Bonchev–Trinajstić information content (AvgIpc) is 3.58. The second-order valence-corrected chi connectivity index (χ2v) is 16.4. The van der Waals surface area contributed by atoms with Crippen LogP contribution < -0.4 is 20.7 Å². The number of rotatable bonds is 22. The fraction of sp³-hybridized carbons (Fsp3) is 0.360. The first kappa shape index (κ1) is 45.9. The zero-order valence-electron chi connectivity index (χ0n) is 35.4. The van der Waals surface area contributed by atoms with Crippen molar-refractivity contribution in [2.45, 2.75) is 83.5 Å². The molecule has 4 unspecified atom stereocenters. The number of alkyl carbamates (subject to hydrolysis) is 1. The lowest BCUT2D eigenvalue weighted by Crippen LogP contribution is -2.51. The molecule has 5 rings (SSSR count). The van der Waals surface area contributed by atoms with Crippen LogP contribution in [0.5, 0.6) is 5.75 Å². The molecule has 61 heavy (non-hydrogen) atoms. The lowest BCUT2D eigenvalue weighted by molar-refractivity contribution is -0.148. The molecular weight excluding hydrogens is 771 g/mol. The first-order chi connectivity index (χ1) is 29.4. The highest BCUT2D eigenvalue weighted by molar-refractivity contribution is 5.86. The number of nitrogens with one attached hydrogen (secondary N) is 3. The number of carbonyl (C=O) groups excluding carboxylic acids is 4. The fourth-order valence-corrected chi connectivity index (χ4v) is 7.28. The van der Waals surface area contributed by atoms with E-state index in [2.05, 4.69) is 41.2 Å². The Hall–Kier alpha value is -6.20. The van der Waals surface area contributed by atoms with Crippen LogP contribution in [-0.4, -0.2) is 66.9 Å². The molecule has 0 saturated carbocycles. The molecule has 0 aromatic heterocycles. The summed E-state index contributed by atoms with van der Waals surface area (Å²) in [5.74, 6) is -1.69. The summed E-state index contributed by atoms with van der Waals surface area (Å²) < 4.78 is 17.3. The molecular formula is C50H59N3O8. The van der Waals surface area contributed by atoms with Gasteiger partial charge in [-0.3, -0.25) is 9.59 Å². The van der Waals surface area contributed by atoms with Crippen molar-refractivity contribution in [3.63, 3.8) is 0 Å². The number of esters is 1. The largest absolute Gasteiger partial charge is 0.489 e. The average molecular weight is 830 g/mol. The van der Waals surface area contributed by atoms with Gasteiger partial charge in [0, 0.05) is 12.3 Å². The van der Waals surface area contributed by atoms with Gasteiger partial charge in [0.25, 0.3) is 0 Å². The normalized spacial score (nSPS) is 13.9. The number of benzene rings is 4. The quantitative estimate of drug-likeness (QED) is 0.0463. The van der Waals surface area contributed by atoms with Crippen LogP contribution in [0.3, 0.4) is 0 Å². The van der Waals surface area contributed by atoms with Gasteiger partial charge in [0.15, 0.2) is 0 Å². The Labute approximate surface area is 359 Å². The number of hydrogen-bond donors (Lipinski definition) is 4. The fourth-order valence-electron chi connectivity index (χ4n) is 7.28. The second-order valence-electron chi connectivity index (χ2n) is 16.4. The van der Waals surface area contributed by atoms with Crippen molar-refractivity contribution < 1.29 is 38.5 Å². The Kier molecular flexibility index (Phi) is 16.9. The highest BCUT2D eigenvalue weighted by Crippen LogP contribution is 2.44. The number of aliphatic hydroxyl groups excluding tert-OH is 1. The third kappa shape index (κ3) is 13.4. The van der Waals surface area contributed by atoms with Gasteiger partial charge in [0.05, 0.1) is 24.6 Å². The van der Waals surface area contributed by atoms with Gasteiger partial charge in [-0.2, -0.15) is 0 Å². The molecule has 3 amide bonds. The van der Waals surface area contributed by atoms with E-state index in [0.717, 1.165) is 33.4 Å². The summed E-state index contributed by atoms with van der Waals surface area (Å²) in [6, 6.07) is 31.2. The van der Waals surface area contributed by atoms with Gasteiger partial charge >= 0.3 is 12.1 Å². The Morgan fingerprint density at radius 3 is 2.02 bits per heavy atom. The molecule has 0 saturated heterocycles. The van der Waals surface area contributed by atoms with Crippen molar-refractivity contribution in [3.05, 3.63) is 151 Å². The number of ether oxygens (including phenoxy) is 3. The number of fused-ring (bicyclic) bond motifs is 3. The van der Waals surface area contributed by atoms with Gasteiger partial charge < -0.3 is 35.3 Å². The second kappa shape index (κ2) is 22.4. The lowest BCUT2D eigenvalue weighted by Gasteiger charge is -2.32. The SMILES string of the molecule is C=CCCC(NC(=O)OCC1c2ccccc2-c2ccccc21)C(=O)OCC(NC(=O)C(CC=C)CC(=O)NC(CO)Cc1ccc(OCc2ccccc2)cc1)C(C)(C)C. The minimum atomic E-state index is -1.02. The highest BCUT2D eigenvalue weighted by atomic mass is 16.6. The van der Waals surface area contributed by atoms with E-state index in [0.29, 0.717) is 25.2 Å². The summed E-state index contributed by atoms with van der Waals surface area (Å²) >= 11 is 0. The Morgan fingerprint density at radius 1 is 0.770 bits per heavy atom. The van der Waals surface area contributed by atoms with Gasteiger partial charge in [-0.25, -0.2) is 9.59 Å². The minimum absolute atomic E-state index is 0.0886. The summed E-state index contributed by atoms with van der Waals surface area (Å²) in [7, 11) is 0. The van der Waals surface area contributed by atoms with Crippen molar-refractivity contribution in [3.8, 4) is 16.9 Å². The molecule has 0 radical (unpaired) electrons. The van der Waals surface area contributed by atoms with Gasteiger partial charge in [-0.05, 0) is 76.6 Å². The van der Waals surface area contributed by atoms with Crippen LogP contribution in [0.4, 0.5) is 4.79 Å². The molecule has 0 aliphatic heterocycles. The molecule has 0 spiro atoms. The van der Waals surface area contributed by atoms with Crippen LogP contribution in [0.1, 0.15) is 74.6 Å². The minimum Gasteiger partial charge on any atom is -0.489 e. The van der Waals surface area contributed by atoms with Gasteiger partial charge in [0.1, 0.15) is 31.6 Å². The molecule has 0 bridgehead atoms. The Balaban J connectivity index is 1.12. The maximum atomic E-state index is 13.7. The van der Waals surface area contributed by atoms with Crippen molar-refractivity contribution >= 4 is 23.9 Å². The van der Waals surface area contributed by atoms with Crippen LogP contribution in [0.2, 0.25) is 0 Å². The zero-order valence-corrected chi connectivity index (χ0v) is 35.4. The van der Waals surface area contributed by atoms with E-state index >= 15 is 0 Å². The van der Waals surface area contributed by atoms with Gasteiger partial charge in [-0.15, -0.1) is 13.2 Å². The maximum absolute atomic E-state index is 13.7. The molecule has 0 fully saturated rings. The predicted octanol–water partition coefficient (Wildman–Crippen LogP) is 7.82. The lowest BCUT2D eigenvalue weighted by atomic mass is 9.86. The molecule has 1 aliphatic rings. The van der Waals surface area contributed by atoms with Crippen LogP contribution in [0.15, 0.2) is 128 Å². The third-order valence-electron chi connectivity index (χ3n) is 10.8. The van der Waals surface area contributed by atoms with E-state index in [9.17, 15) is 24.3 Å². The number of amides is 3. The van der Waals surface area contributed by atoms with Crippen molar-refractivity contribution in [1.82, 2.24) is 16.0 Å². The zero-order chi connectivity index (χ0) is 43.8. The summed E-state index contributed by atoms with van der Waals surface area (Å²) in [6.07, 6.45) is 3.60. The smallest absolute Gasteiger partial charge is 0.407 e. The van der Waals surface area contributed by atoms with Crippen LogP contribution in [-0.2, 0) is 36.9 Å². The topological polar surface area (TPSA) is 152 Å². The molecule has 4 atom stereocenters. The van der Waals surface area contributed by atoms with E-state index in [1.54, 1.807) is 12.2 Å². The van der Waals surface area contributed by atoms with Crippen LogP contribution in [0, 0.1) is 11.3 Å². The molecule has 1 aliphatic carbocycles. The summed E-state index contributed by atoms with van der Waals surface area (Å²) in [5.41, 5.74) is 5.75. The molecule has 11 heteroatoms. The Bertz CT molecular complexity index is 2050. The van der Waals surface area contributed by atoms with E-state index in [1.807, 2.05) is 112 Å². The third-order valence-corrected chi connectivity index (χ3v) is 10.8. The first-order valence-corrected chi connectivity index (χ1v) is 20.9. The van der Waals surface area contributed by atoms with E-state index in [1.165, 1.54) is 0 Å². The van der Waals surface area contributed by atoms with E-state index < -0.39 is 53.3 Å². The number of carbonyl (C=O) groups is 4. The molecule has 11 nitrogen and oxygen atoms in total. The number of allylic oxidation sites excluding steroid dienone is 2. The highest BCUT2D eigenvalue weighted by Gasteiger charge is 2.33. The maximum Gasteiger partial charge on any atom is 0.407 e. The van der Waals surface area contributed by atoms with Crippen molar-refractivity contribution in [2.75, 3.05) is 19.8 Å². The molecule has 322 valence electrons.